The van der Waals surface area contributed by atoms with E-state index in [9.17, 15) is 0 Å². The standard InChI is InChI=1S/C53H39N3/c1-35-42-25-15-16-28-45(42)46-31-29-37-19-11-14-27-44(37)50(46)47-32-30-41(34-49(47)43-26-13-12-24-40(43)33-48(35)36-17-5-2-6-18-36)53-55-51(38-20-7-3-8-21-38)54-52(56-53)39-22-9-4-10-23-39/h2-32,34-35,48H,33H2,1H3. The predicted octanol–water partition coefficient (Wildman–Crippen LogP) is 13.5. The second kappa shape index (κ2) is 14.4. The van der Waals surface area contributed by atoms with E-state index in [1.807, 2.05) is 36.4 Å². The molecule has 56 heavy (non-hydrogen) atoms. The van der Waals surface area contributed by atoms with Crippen LogP contribution >= 0.6 is 0 Å². The van der Waals surface area contributed by atoms with Gasteiger partial charge in [0.25, 0.3) is 0 Å². The van der Waals surface area contributed by atoms with Crippen LogP contribution in [0.2, 0.25) is 0 Å². The Kier molecular flexibility index (Phi) is 8.61. The molecule has 8 aromatic carbocycles. The number of fused-ring (bicyclic) bond motifs is 9. The quantitative estimate of drug-likeness (QED) is 0.182. The lowest BCUT2D eigenvalue weighted by Gasteiger charge is -2.28. The molecule has 2 unspecified atom stereocenters. The van der Waals surface area contributed by atoms with Crippen molar-refractivity contribution >= 4 is 10.8 Å². The Hall–Kier alpha value is -6.97. The van der Waals surface area contributed by atoms with Crippen molar-refractivity contribution in [1.82, 2.24) is 15.0 Å². The summed E-state index contributed by atoms with van der Waals surface area (Å²) in [4.78, 5) is 15.3. The van der Waals surface area contributed by atoms with E-state index in [-0.39, 0.29) is 11.8 Å². The Balaban J connectivity index is 1.28. The van der Waals surface area contributed by atoms with Crippen molar-refractivity contribution in [3.8, 4) is 67.5 Å². The third-order valence-electron chi connectivity index (χ3n) is 11.5. The Morgan fingerprint density at radius 2 is 0.964 bits per heavy atom. The highest BCUT2D eigenvalue weighted by Gasteiger charge is 2.28. The van der Waals surface area contributed by atoms with Gasteiger partial charge in [0.05, 0.1) is 0 Å². The molecule has 10 rings (SSSR count). The second-order valence-electron chi connectivity index (χ2n) is 14.8. The molecule has 3 heteroatoms. The largest absolute Gasteiger partial charge is 0.208 e. The molecule has 266 valence electrons. The number of hydrogen-bond donors (Lipinski definition) is 0. The molecule has 0 saturated carbocycles. The zero-order valence-electron chi connectivity index (χ0n) is 31.2. The smallest absolute Gasteiger partial charge is 0.164 e. The van der Waals surface area contributed by atoms with Crippen LogP contribution in [0.5, 0.6) is 0 Å². The van der Waals surface area contributed by atoms with Crippen molar-refractivity contribution in [2.24, 2.45) is 0 Å². The van der Waals surface area contributed by atoms with Gasteiger partial charge in [-0.15, -0.1) is 0 Å². The Morgan fingerprint density at radius 1 is 0.411 bits per heavy atom. The fraction of sp³-hybridized carbons (Fsp3) is 0.0755. The van der Waals surface area contributed by atoms with Gasteiger partial charge in [-0.25, -0.2) is 15.0 Å². The third kappa shape index (κ3) is 6.08. The maximum Gasteiger partial charge on any atom is 0.164 e. The number of benzene rings is 8. The minimum atomic E-state index is 0.246. The topological polar surface area (TPSA) is 38.7 Å². The first-order valence-electron chi connectivity index (χ1n) is 19.5. The molecule has 0 fully saturated rings. The molecular formula is C53H39N3. The average molecular weight is 718 g/mol. The Bertz CT molecular complexity index is 2790. The van der Waals surface area contributed by atoms with E-state index in [0.717, 1.165) is 28.7 Å². The molecule has 0 N–H and O–H groups in total. The van der Waals surface area contributed by atoms with Crippen molar-refractivity contribution in [1.29, 1.82) is 0 Å². The van der Waals surface area contributed by atoms with Crippen LogP contribution in [-0.4, -0.2) is 15.0 Å². The number of hydrogen-bond acceptors (Lipinski definition) is 3. The molecule has 9 aromatic rings. The summed E-state index contributed by atoms with van der Waals surface area (Å²) < 4.78 is 0. The van der Waals surface area contributed by atoms with Gasteiger partial charge in [0, 0.05) is 16.7 Å². The number of rotatable bonds is 4. The van der Waals surface area contributed by atoms with Crippen LogP contribution in [0.4, 0.5) is 0 Å². The van der Waals surface area contributed by atoms with Gasteiger partial charge in [-0.05, 0) is 85.2 Å². The van der Waals surface area contributed by atoms with E-state index in [1.165, 1.54) is 55.3 Å². The lowest BCUT2D eigenvalue weighted by molar-refractivity contribution is 0.574. The summed E-state index contributed by atoms with van der Waals surface area (Å²) in [6.07, 6.45) is 0.887. The summed E-state index contributed by atoms with van der Waals surface area (Å²) >= 11 is 0. The third-order valence-corrected chi connectivity index (χ3v) is 11.5. The van der Waals surface area contributed by atoms with Crippen LogP contribution < -0.4 is 0 Å². The van der Waals surface area contributed by atoms with Crippen molar-refractivity contribution < 1.29 is 0 Å². The first kappa shape index (κ1) is 33.6. The zero-order valence-corrected chi connectivity index (χ0v) is 31.2. The Labute approximate surface area is 328 Å². The van der Waals surface area contributed by atoms with Gasteiger partial charge in [-0.3, -0.25) is 0 Å². The van der Waals surface area contributed by atoms with Crippen LogP contribution in [0.3, 0.4) is 0 Å². The highest BCUT2D eigenvalue weighted by atomic mass is 15.0. The highest BCUT2D eigenvalue weighted by molar-refractivity contribution is 6.08. The van der Waals surface area contributed by atoms with Gasteiger partial charge in [0.2, 0.25) is 0 Å². The molecular weight excluding hydrogens is 679 g/mol. The second-order valence-corrected chi connectivity index (χ2v) is 14.8. The van der Waals surface area contributed by atoms with E-state index >= 15 is 0 Å². The Morgan fingerprint density at radius 3 is 1.68 bits per heavy atom. The van der Waals surface area contributed by atoms with Crippen LogP contribution in [0.25, 0.3) is 78.3 Å². The molecule has 3 nitrogen and oxygen atoms in total. The van der Waals surface area contributed by atoms with E-state index in [2.05, 4.69) is 165 Å². The van der Waals surface area contributed by atoms with Gasteiger partial charge in [-0.2, -0.15) is 0 Å². The summed E-state index contributed by atoms with van der Waals surface area (Å²) in [5.74, 6) is 2.44. The molecule has 0 radical (unpaired) electrons. The fourth-order valence-electron chi connectivity index (χ4n) is 8.69. The predicted molar refractivity (Wildman–Crippen MR) is 231 cm³/mol. The SMILES string of the molecule is CC1c2ccccc2-c2ccc3ccccc3c2-c2ccc(-c3nc(-c4ccccc4)nc(-c4ccccc4)n3)cc2-c2ccccc2CC1c1ccccc1. The molecule has 1 aliphatic carbocycles. The van der Waals surface area contributed by atoms with E-state index in [0.29, 0.717) is 17.5 Å². The molecule has 0 spiro atoms. The highest BCUT2D eigenvalue weighted by Crippen LogP contribution is 2.49. The van der Waals surface area contributed by atoms with Gasteiger partial charge in [0.1, 0.15) is 0 Å². The molecule has 1 aromatic heterocycles. The maximum absolute atomic E-state index is 5.16. The van der Waals surface area contributed by atoms with E-state index in [1.54, 1.807) is 0 Å². The van der Waals surface area contributed by atoms with Gasteiger partial charge >= 0.3 is 0 Å². The van der Waals surface area contributed by atoms with Crippen LogP contribution in [0.1, 0.15) is 35.4 Å². The molecule has 0 aliphatic heterocycles. The normalized spacial score (nSPS) is 14.8. The number of aromatic nitrogens is 3. The molecule has 1 heterocycles. The van der Waals surface area contributed by atoms with E-state index in [4.69, 9.17) is 15.0 Å². The minimum absolute atomic E-state index is 0.246. The van der Waals surface area contributed by atoms with Crippen molar-refractivity contribution in [2.75, 3.05) is 0 Å². The monoisotopic (exact) mass is 717 g/mol. The minimum Gasteiger partial charge on any atom is -0.208 e. The number of nitrogens with zero attached hydrogens (tertiary/aromatic N) is 3. The van der Waals surface area contributed by atoms with Crippen molar-refractivity contribution in [2.45, 2.75) is 25.2 Å². The van der Waals surface area contributed by atoms with Gasteiger partial charge in [0.15, 0.2) is 17.5 Å². The van der Waals surface area contributed by atoms with Crippen molar-refractivity contribution in [3.05, 3.63) is 211 Å². The lowest BCUT2D eigenvalue weighted by Crippen LogP contribution is -2.13. The lowest BCUT2D eigenvalue weighted by atomic mass is 9.76. The van der Waals surface area contributed by atoms with E-state index < -0.39 is 0 Å². The summed E-state index contributed by atoms with van der Waals surface area (Å²) in [5.41, 5.74) is 14.2. The summed E-state index contributed by atoms with van der Waals surface area (Å²) in [5, 5.41) is 2.45. The molecule has 1 aliphatic rings. The summed E-state index contributed by atoms with van der Waals surface area (Å²) in [6.45, 7) is 2.42. The molecule has 0 amide bonds. The van der Waals surface area contributed by atoms with Gasteiger partial charge in [-0.1, -0.05) is 195 Å². The molecule has 0 saturated heterocycles. The first-order valence-corrected chi connectivity index (χ1v) is 19.5. The van der Waals surface area contributed by atoms with Crippen LogP contribution in [0, 0.1) is 0 Å². The summed E-state index contributed by atoms with van der Waals surface area (Å²) in [7, 11) is 0. The van der Waals surface area contributed by atoms with Crippen molar-refractivity contribution in [3.63, 3.8) is 0 Å². The fourth-order valence-corrected chi connectivity index (χ4v) is 8.69. The van der Waals surface area contributed by atoms with Crippen LogP contribution in [0.15, 0.2) is 194 Å². The molecule has 0 bridgehead atoms. The van der Waals surface area contributed by atoms with Gasteiger partial charge < -0.3 is 0 Å². The maximum atomic E-state index is 5.16. The first-order chi connectivity index (χ1) is 27.7. The summed E-state index contributed by atoms with van der Waals surface area (Å²) in [6, 6.07) is 69.8. The molecule has 2 atom stereocenters. The average Bonchev–Trinajstić information content (AvgIpc) is 3.29. The van der Waals surface area contributed by atoms with Crippen LogP contribution in [-0.2, 0) is 6.42 Å². The zero-order chi connectivity index (χ0) is 37.4.